The van der Waals surface area contributed by atoms with E-state index in [9.17, 15) is 4.79 Å². The van der Waals surface area contributed by atoms with Crippen LogP contribution >= 0.6 is 0 Å². The van der Waals surface area contributed by atoms with Crippen LogP contribution in [0.25, 0.3) is 0 Å². The van der Waals surface area contributed by atoms with Crippen molar-refractivity contribution in [1.82, 2.24) is 10.2 Å². The summed E-state index contributed by atoms with van der Waals surface area (Å²) in [4.78, 5) is 14.4. The first-order valence-corrected chi connectivity index (χ1v) is 7.56. The Kier molecular flexibility index (Phi) is 4.88. The van der Waals surface area contributed by atoms with E-state index < -0.39 is 0 Å². The summed E-state index contributed by atoms with van der Waals surface area (Å²) in [6.07, 6.45) is 2.24. The van der Waals surface area contributed by atoms with Gasteiger partial charge in [0.1, 0.15) is 5.75 Å². The lowest BCUT2D eigenvalue weighted by molar-refractivity contribution is -0.131. The first kappa shape index (κ1) is 15.8. The smallest absolute Gasteiger partial charge is 0.237 e. The Labute approximate surface area is 127 Å². The molecule has 1 aliphatic carbocycles. The first-order valence-electron chi connectivity index (χ1n) is 7.56. The molecular formula is C17H26N2O2. The van der Waals surface area contributed by atoms with Gasteiger partial charge >= 0.3 is 0 Å². The second kappa shape index (κ2) is 6.48. The zero-order valence-corrected chi connectivity index (χ0v) is 13.5. The van der Waals surface area contributed by atoms with Gasteiger partial charge in [-0.25, -0.2) is 0 Å². The number of amides is 1. The Hall–Kier alpha value is -1.55. The maximum atomic E-state index is 12.4. The topological polar surface area (TPSA) is 41.6 Å². The Morgan fingerprint density at radius 3 is 2.38 bits per heavy atom. The SMILES string of the molecule is COc1ccc(CN(C(=O)CNC(C)(C)C)C2CC2)cc1. The van der Waals surface area contributed by atoms with Crippen LogP contribution in [0.2, 0.25) is 0 Å². The molecule has 0 aromatic heterocycles. The van der Waals surface area contributed by atoms with Crippen molar-refractivity contribution in [2.45, 2.75) is 51.7 Å². The van der Waals surface area contributed by atoms with E-state index in [0.29, 0.717) is 19.1 Å². The highest BCUT2D eigenvalue weighted by Gasteiger charge is 2.32. The van der Waals surface area contributed by atoms with Crippen LogP contribution in [0.5, 0.6) is 5.75 Å². The molecule has 0 atom stereocenters. The van der Waals surface area contributed by atoms with E-state index in [2.05, 4.69) is 26.1 Å². The number of hydrogen-bond donors (Lipinski definition) is 1. The Bertz CT molecular complexity index is 473. The van der Waals surface area contributed by atoms with E-state index in [-0.39, 0.29) is 11.4 Å². The molecule has 1 aromatic rings. The summed E-state index contributed by atoms with van der Waals surface area (Å²) in [5, 5.41) is 3.28. The van der Waals surface area contributed by atoms with Crippen LogP contribution in [0.3, 0.4) is 0 Å². The second-order valence-corrected chi connectivity index (χ2v) is 6.70. The largest absolute Gasteiger partial charge is 0.497 e. The molecule has 0 aliphatic heterocycles. The van der Waals surface area contributed by atoms with E-state index in [1.807, 2.05) is 29.2 Å². The van der Waals surface area contributed by atoms with Gasteiger partial charge in [0.05, 0.1) is 13.7 Å². The van der Waals surface area contributed by atoms with Gasteiger partial charge in [-0.15, -0.1) is 0 Å². The quantitative estimate of drug-likeness (QED) is 0.875. The molecule has 2 rings (SSSR count). The average molecular weight is 290 g/mol. The van der Waals surface area contributed by atoms with Crippen molar-refractivity contribution < 1.29 is 9.53 Å². The molecule has 0 radical (unpaired) electrons. The summed E-state index contributed by atoms with van der Waals surface area (Å²) >= 11 is 0. The fourth-order valence-electron chi connectivity index (χ4n) is 2.18. The molecule has 0 spiro atoms. The number of benzene rings is 1. The number of nitrogens with zero attached hydrogens (tertiary/aromatic N) is 1. The van der Waals surface area contributed by atoms with E-state index in [4.69, 9.17) is 4.74 Å². The number of rotatable bonds is 6. The van der Waals surface area contributed by atoms with Gasteiger partial charge in [0.15, 0.2) is 0 Å². The summed E-state index contributed by atoms with van der Waals surface area (Å²) in [6.45, 7) is 7.30. The minimum atomic E-state index is -0.0367. The van der Waals surface area contributed by atoms with Crippen molar-refractivity contribution in [2.75, 3.05) is 13.7 Å². The maximum Gasteiger partial charge on any atom is 0.237 e. The van der Waals surface area contributed by atoms with Crippen LogP contribution in [0, 0.1) is 0 Å². The second-order valence-electron chi connectivity index (χ2n) is 6.70. The third kappa shape index (κ3) is 5.05. The van der Waals surface area contributed by atoms with Gasteiger partial charge in [-0.05, 0) is 51.3 Å². The molecule has 4 nitrogen and oxygen atoms in total. The molecule has 0 unspecified atom stereocenters. The molecule has 0 bridgehead atoms. The van der Waals surface area contributed by atoms with Crippen LogP contribution in [0.4, 0.5) is 0 Å². The monoisotopic (exact) mass is 290 g/mol. The Morgan fingerprint density at radius 2 is 1.90 bits per heavy atom. The first-order chi connectivity index (χ1) is 9.89. The fourth-order valence-corrected chi connectivity index (χ4v) is 2.18. The molecule has 1 fully saturated rings. The van der Waals surface area contributed by atoms with Crippen LogP contribution in [-0.2, 0) is 11.3 Å². The van der Waals surface area contributed by atoms with Crippen LogP contribution in [0.1, 0.15) is 39.2 Å². The van der Waals surface area contributed by atoms with Gasteiger partial charge in [0.2, 0.25) is 5.91 Å². The molecule has 0 saturated heterocycles. The lowest BCUT2D eigenvalue weighted by Gasteiger charge is -2.26. The van der Waals surface area contributed by atoms with Gasteiger partial charge in [0.25, 0.3) is 0 Å². The van der Waals surface area contributed by atoms with Crippen molar-refractivity contribution in [3.05, 3.63) is 29.8 Å². The van der Waals surface area contributed by atoms with Crippen molar-refractivity contribution in [3.8, 4) is 5.75 Å². The van der Waals surface area contributed by atoms with E-state index >= 15 is 0 Å². The third-order valence-corrected chi connectivity index (χ3v) is 3.59. The van der Waals surface area contributed by atoms with Crippen LogP contribution in [-0.4, -0.2) is 36.0 Å². The number of methoxy groups -OCH3 is 1. The minimum Gasteiger partial charge on any atom is -0.497 e. The Balaban J connectivity index is 1.96. The molecule has 116 valence electrons. The van der Waals surface area contributed by atoms with Gasteiger partial charge in [0, 0.05) is 18.1 Å². The zero-order valence-electron chi connectivity index (χ0n) is 13.5. The highest BCUT2D eigenvalue weighted by atomic mass is 16.5. The summed E-state index contributed by atoms with van der Waals surface area (Å²) < 4.78 is 5.17. The molecule has 1 N–H and O–H groups in total. The van der Waals surface area contributed by atoms with Gasteiger partial charge in [-0.1, -0.05) is 12.1 Å². The summed E-state index contributed by atoms with van der Waals surface area (Å²) in [7, 11) is 1.66. The van der Waals surface area contributed by atoms with E-state index in [0.717, 1.165) is 24.2 Å². The van der Waals surface area contributed by atoms with Gasteiger partial charge in [-0.2, -0.15) is 0 Å². The molecule has 4 heteroatoms. The molecule has 1 aromatic carbocycles. The molecular weight excluding hydrogens is 264 g/mol. The number of carbonyl (C=O) groups is 1. The molecule has 1 saturated carbocycles. The summed E-state index contributed by atoms with van der Waals surface area (Å²) in [5.74, 6) is 1.03. The normalized spacial score (nSPS) is 14.9. The predicted octanol–water partition coefficient (Wildman–Crippen LogP) is 2.57. The van der Waals surface area contributed by atoms with Crippen molar-refractivity contribution in [3.63, 3.8) is 0 Å². The summed E-state index contributed by atoms with van der Waals surface area (Å²) in [6, 6.07) is 8.36. The molecule has 1 aliphatic rings. The number of carbonyl (C=O) groups excluding carboxylic acids is 1. The van der Waals surface area contributed by atoms with Crippen molar-refractivity contribution >= 4 is 5.91 Å². The maximum absolute atomic E-state index is 12.4. The van der Waals surface area contributed by atoms with Gasteiger partial charge < -0.3 is 15.0 Å². The standard InChI is InChI=1S/C17H26N2O2/c1-17(2,3)18-11-16(20)19(14-7-8-14)12-13-5-9-15(21-4)10-6-13/h5-6,9-10,14,18H,7-8,11-12H2,1-4H3. The zero-order chi connectivity index (χ0) is 15.5. The number of hydrogen-bond acceptors (Lipinski definition) is 3. The lowest BCUT2D eigenvalue weighted by Crippen LogP contribution is -2.45. The lowest BCUT2D eigenvalue weighted by atomic mass is 10.1. The van der Waals surface area contributed by atoms with Crippen LogP contribution in [0.15, 0.2) is 24.3 Å². The number of nitrogens with one attached hydrogen (secondary N) is 1. The number of ether oxygens (including phenoxy) is 1. The third-order valence-electron chi connectivity index (χ3n) is 3.59. The average Bonchev–Trinajstić information content (AvgIpc) is 3.26. The van der Waals surface area contributed by atoms with Crippen molar-refractivity contribution in [1.29, 1.82) is 0 Å². The van der Waals surface area contributed by atoms with Crippen molar-refractivity contribution in [2.24, 2.45) is 0 Å². The fraction of sp³-hybridized carbons (Fsp3) is 0.588. The minimum absolute atomic E-state index is 0.0367. The van der Waals surface area contributed by atoms with Crippen LogP contribution < -0.4 is 10.1 Å². The predicted molar refractivity (Wildman–Crippen MR) is 84.3 cm³/mol. The Morgan fingerprint density at radius 1 is 1.29 bits per heavy atom. The van der Waals surface area contributed by atoms with E-state index in [1.54, 1.807) is 7.11 Å². The summed E-state index contributed by atoms with van der Waals surface area (Å²) in [5.41, 5.74) is 1.11. The highest BCUT2D eigenvalue weighted by molar-refractivity contribution is 5.79. The molecule has 0 heterocycles. The van der Waals surface area contributed by atoms with E-state index in [1.165, 1.54) is 0 Å². The van der Waals surface area contributed by atoms with Gasteiger partial charge in [-0.3, -0.25) is 4.79 Å². The highest BCUT2D eigenvalue weighted by Crippen LogP contribution is 2.28. The molecule has 1 amide bonds. The molecule has 21 heavy (non-hydrogen) atoms.